The first-order valence-electron chi connectivity index (χ1n) is 8.03. The minimum absolute atomic E-state index is 0.104. The van der Waals surface area contributed by atoms with Crippen LogP contribution in [-0.2, 0) is 6.54 Å². The largest absolute Gasteiger partial charge is 0.508 e. The molecule has 0 aliphatic carbocycles. The Morgan fingerprint density at radius 1 is 1.21 bits per heavy atom. The Morgan fingerprint density at radius 3 is 2.50 bits per heavy atom. The molecule has 1 atom stereocenters. The van der Waals surface area contributed by atoms with Crippen molar-refractivity contribution in [2.75, 3.05) is 20.1 Å². The number of nitrogens with zero attached hydrogens (tertiary/aromatic N) is 1. The van der Waals surface area contributed by atoms with Crippen molar-refractivity contribution >= 4 is 5.91 Å². The van der Waals surface area contributed by atoms with Crippen LogP contribution in [0.5, 0.6) is 5.75 Å². The molecule has 0 radical (unpaired) electrons. The number of benzene rings is 2. The number of amides is 1. The smallest absolute Gasteiger partial charge is 0.251 e. The topological polar surface area (TPSA) is 72.8 Å². The van der Waals surface area contributed by atoms with Crippen molar-refractivity contribution in [3.63, 3.8) is 0 Å². The zero-order valence-corrected chi connectivity index (χ0v) is 14.1. The van der Waals surface area contributed by atoms with Crippen molar-refractivity contribution in [1.29, 1.82) is 0 Å². The molecule has 5 heteroatoms. The Morgan fingerprint density at radius 2 is 1.92 bits per heavy atom. The number of aromatic hydroxyl groups is 1. The van der Waals surface area contributed by atoms with E-state index in [1.54, 1.807) is 43.4 Å². The predicted octanol–water partition coefficient (Wildman–Crippen LogP) is 2.31. The molecule has 0 bridgehead atoms. The highest BCUT2D eigenvalue weighted by molar-refractivity contribution is 5.93. The minimum atomic E-state index is -0.665. The van der Waals surface area contributed by atoms with Crippen LogP contribution in [0.1, 0.15) is 34.5 Å². The summed E-state index contributed by atoms with van der Waals surface area (Å²) in [4.78, 5) is 13.7. The molecule has 0 aliphatic heterocycles. The summed E-state index contributed by atoms with van der Waals surface area (Å²) in [5, 5.41) is 22.5. The first-order valence-corrected chi connectivity index (χ1v) is 8.03. The van der Waals surface area contributed by atoms with E-state index in [4.69, 9.17) is 0 Å². The summed E-state index contributed by atoms with van der Waals surface area (Å²) >= 11 is 0. The fourth-order valence-electron chi connectivity index (χ4n) is 2.55. The fourth-order valence-corrected chi connectivity index (χ4v) is 2.55. The molecule has 5 nitrogen and oxygen atoms in total. The second-order valence-electron chi connectivity index (χ2n) is 5.71. The van der Waals surface area contributed by atoms with Crippen LogP contribution in [0.2, 0.25) is 0 Å². The SMILES string of the molecule is CCN(Cc1ccc(C(=O)NC)cc1)C[C@H](O)c1cccc(O)c1. The number of hydrogen-bond acceptors (Lipinski definition) is 4. The lowest BCUT2D eigenvalue weighted by atomic mass is 10.1. The van der Waals surface area contributed by atoms with E-state index in [9.17, 15) is 15.0 Å². The van der Waals surface area contributed by atoms with Crippen LogP contribution in [0.3, 0.4) is 0 Å². The summed E-state index contributed by atoms with van der Waals surface area (Å²) < 4.78 is 0. The third-order valence-corrected chi connectivity index (χ3v) is 3.98. The van der Waals surface area contributed by atoms with Gasteiger partial charge >= 0.3 is 0 Å². The van der Waals surface area contributed by atoms with Gasteiger partial charge in [-0.2, -0.15) is 0 Å². The van der Waals surface area contributed by atoms with Crippen LogP contribution in [0.4, 0.5) is 0 Å². The Balaban J connectivity index is 2.00. The second kappa shape index (κ2) is 8.47. The van der Waals surface area contributed by atoms with Gasteiger partial charge in [0.15, 0.2) is 0 Å². The Bertz CT molecular complexity index is 671. The van der Waals surface area contributed by atoms with Crippen molar-refractivity contribution in [2.24, 2.45) is 0 Å². The number of aliphatic hydroxyl groups is 1. The number of phenolic OH excluding ortho intramolecular Hbond substituents is 1. The lowest BCUT2D eigenvalue weighted by Gasteiger charge is -2.24. The van der Waals surface area contributed by atoms with Gasteiger partial charge in [0.05, 0.1) is 6.10 Å². The van der Waals surface area contributed by atoms with E-state index in [0.717, 1.165) is 12.1 Å². The highest BCUT2D eigenvalue weighted by Crippen LogP contribution is 2.20. The highest BCUT2D eigenvalue weighted by Gasteiger charge is 2.13. The molecule has 2 aromatic rings. The average Bonchev–Trinajstić information content (AvgIpc) is 2.61. The summed E-state index contributed by atoms with van der Waals surface area (Å²) in [6, 6.07) is 14.1. The molecule has 0 saturated heterocycles. The van der Waals surface area contributed by atoms with E-state index >= 15 is 0 Å². The van der Waals surface area contributed by atoms with E-state index < -0.39 is 6.10 Å². The summed E-state index contributed by atoms with van der Waals surface area (Å²) in [7, 11) is 1.61. The zero-order valence-electron chi connectivity index (χ0n) is 14.1. The van der Waals surface area contributed by atoms with E-state index in [-0.39, 0.29) is 11.7 Å². The van der Waals surface area contributed by atoms with Crippen LogP contribution >= 0.6 is 0 Å². The van der Waals surface area contributed by atoms with Crippen LogP contribution < -0.4 is 5.32 Å². The minimum Gasteiger partial charge on any atom is -0.508 e. The lowest BCUT2D eigenvalue weighted by Crippen LogP contribution is -2.28. The Hall–Kier alpha value is -2.37. The van der Waals surface area contributed by atoms with Gasteiger partial charge in [-0.3, -0.25) is 9.69 Å². The predicted molar refractivity (Wildman–Crippen MR) is 93.8 cm³/mol. The molecule has 0 unspecified atom stereocenters. The van der Waals surface area contributed by atoms with Crippen molar-refractivity contribution in [3.05, 3.63) is 65.2 Å². The van der Waals surface area contributed by atoms with E-state index in [1.165, 1.54) is 0 Å². The maximum atomic E-state index is 11.6. The molecule has 2 aromatic carbocycles. The molecule has 1 amide bonds. The molecular formula is C19H24N2O3. The Labute approximate surface area is 142 Å². The number of aliphatic hydroxyl groups excluding tert-OH is 1. The number of carbonyl (C=O) groups is 1. The maximum absolute atomic E-state index is 11.6. The third kappa shape index (κ3) is 4.81. The Kier molecular flexibility index (Phi) is 6.35. The van der Waals surface area contributed by atoms with Crippen molar-refractivity contribution in [1.82, 2.24) is 10.2 Å². The van der Waals surface area contributed by atoms with Gasteiger partial charge in [0, 0.05) is 25.7 Å². The number of phenols is 1. The summed E-state index contributed by atoms with van der Waals surface area (Å²) in [5.41, 5.74) is 2.40. The lowest BCUT2D eigenvalue weighted by molar-refractivity contribution is 0.0963. The van der Waals surface area contributed by atoms with Crippen molar-refractivity contribution < 1.29 is 15.0 Å². The van der Waals surface area contributed by atoms with Gasteiger partial charge in [-0.15, -0.1) is 0 Å². The van der Waals surface area contributed by atoms with Crippen LogP contribution in [0, 0.1) is 0 Å². The van der Waals surface area contributed by atoms with Crippen molar-refractivity contribution in [3.8, 4) is 5.75 Å². The van der Waals surface area contributed by atoms with Crippen LogP contribution in [-0.4, -0.2) is 41.2 Å². The second-order valence-corrected chi connectivity index (χ2v) is 5.71. The fraction of sp³-hybridized carbons (Fsp3) is 0.316. The summed E-state index contributed by atoms with van der Waals surface area (Å²) in [5.74, 6) is 0.0487. The van der Waals surface area contributed by atoms with Gasteiger partial charge in [0.1, 0.15) is 5.75 Å². The molecule has 0 saturated carbocycles. The quantitative estimate of drug-likeness (QED) is 0.729. The van der Waals surface area contributed by atoms with Crippen LogP contribution in [0.25, 0.3) is 0 Å². The molecule has 3 N–H and O–H groups in total. The molecule has 0 aromatic heterocycles. The van der Waals surface area contributed by atoms with Crippen molar-refractivity contribution in [2.45, 2.75) is 19.6 Å². The highest BCUT2D eigenvalue weighted by atomic mass is 16.3. The van der Waals surface area contributed by atoms with Gasteiger partial charge in [0.2, 0.25) is 0 Å². The number of nitrogens with one attached hydrogen (secondary N) is 1. The third-order valence-electron chi connectivity index (χ3n) is 3.98. The molecule has 0 fully saturated rings. The van der Waals surface area contributed by atoms with E-state index in [0.29, 0.717) is 24.2 Å². The molecular weight excluding hydrogens is 304 g/mol. The first kappa shape index (κ1) is 18.0. The van der Waals surface area contributed by atoms with E-state index in [1.807, 2.05) is 19.1 Å². The normalized spacial score (nSPS) is 12.2. The molecule has 0 heterocycles. The van der Waals surface area contributed by atoms with Gasteiger partial charge in [-0.05, 0) is 41.9 Å². The number of carbonyl (C=O) groups excluding carboxylic acids is 1. The zero-order chi connectivity index (χ0) is 17.5. The summed E-state index contributed by atoms with van der Waals surface area (Å²) in [6.07, 6.45) is -0.665. The van der Waals surface area contributed by atoms with E-state index in [2.05, 4.69) is 10.2 Å². The van der Waals surface area contributed by atoms with Gasteiger partial charge in [-0.1, -0.05) is 31.2 Å². The number of likely N-dealkylation sites (N-methyl/N-ethyl adjacent to an activating group) is 1. The standard InChI is InChI=1S/C19H24N2O3/c1-3-21(13-18(23)16-5-4-6-17(22)11-16)12-14-7-9-15(10-8-14)19(24)20-2/h4-11,18,22-23H,3,12-13H2,1-2H3,(H,20,24)/t18-/m0/s1. The summed E-state index contributed by atoms with van der Waals surface area (Å²) in [6.45, 7) is 3.97. The molecule has 128 valence electrons. The first-order chi connectivity index (χ1) is 11.5. The maximum Gasteiger partial charge on any atom is 0.251 e. The van der Waals surface area contributed by atoms with Gasteiger partial charge < -0.3 is 15.5 Å². The molecule has 24 heavy (non-hydrogen) atoms. The van der Waals surface area contributed by atoms with Gasteiger partial charge in [0.25, 0.3) is 5.91 Å². The monoisotopic (exact) mass is 328 g/mol. The molecule has 0 aliphatic rings. The average molecular weight is 328 g/mol. The molecule has 0 spiro atoms. The number of rotatable bonds is 7. The molecule has 2 rings (SSSR count). The van der Waals surface area contributed by atoms with Gasteiger partial charge in [-0.25, -0.2) is 0 Å². The number of hydrogen-bond donors (Lipinski definition) is 3. The van der Waals surface area contributed by atoms with Crippen LogP contribution in [0.15, 0.2) is 48.5 Å².